The Bertz CT molecular complexity index is 1150. The number of aromatic nitrogens is 4. The van der Waals surface area contributed by atoms with Crippen molar-refractivity contribution in [3.8, 4) is 0 Å². The first-order valence-electron chi connectivity index (χ1n) is 11.8. The molecule has 8 heteroatoms. The standard InChI is InChI=1S/C27H26N4O2S2/c32-24(16-26-3-1-9-34-26)14-22-7-5-20(28-30-22)12-18-11-19(18)13-21-6-8-23(31-29-21)15-25(33)17-27-4-2-10-35-27/h1-10,18-19H,11-17H2/t18-,19-/m1/s1. The molecule has 0 aromatic carbocycles. The quantitative estimate of drug-likeness (QED) is 0.283. The molecule has 1 aliphatic rings. The second kappa shape index (κ2) is 11.1. The summed E-state index contributed by atoms with van der Waals surface area (Å²) < 4.78 is 0. The molecule has 0 spiro atoms. The van der Waals surface area contributed by atoms with Gasteiger partial charge in [0.1, 0.15) is 11.6 Å². The van der Waals surface area contributed by atoms with Crippen molar-refractivity contribution in [2.75, 3.05) is 0 Å². The van der Waals surface area contributed by atoms with Gasteiger partial charge in [-0.2, -0.15) is 20.4 Å². The number of rotatable bonds is 12. The van der Waals surface area contributed by atoms with Gasteiger partial charge in [-0.05, 0) is 78.3 Å². The summed E-state index contributed by atoms with van der Waals surface area (Å²) in [4.78, 5) is 26.6. The van der Waals surface area contributed by atoms with Crippen molar-refractivity contribution in [2.24, 2.45) is 11.8 Å². The highest BCUT2D eigenvalue weighted by Crippen LogP contribution is 2.42. The Hall–Kier alpha value is -3.10. The monoisotopic (exact) mass is 502 g/mol. The average molecular weight is 503 g/mol. The van der Waals surface area contributed by atoms with E-state index in [1.54, 1.807) is 22.7 Å². The molecule has 2 atom stereocenters. The summed E-state index contributed by atoms with van der Waals surface area (Å²) in [6, 6.07) is 15.7. The molecule has 1 fully saturated rings. The lowest BCUT2D eigenvalue weighted by molar-refractivity contribution is -0.118. The van der Waals surface area contributed by atoms with Crippen LogP contribution in [-0.4, -0.2) is 32.0 Å². The van der Waals surface area contributed by atoms with E-state index in [1.165, 1.54) is 0 Å². The highest BCUT2D eigenvalue weighted by atomic mass is 32.1. The molecule has 4 aromatic rings. The molecule has 0 aliphatic heterocycles. The van der Waals surface area contributed by atoms with Gasteiger partial charge in [-0.15, -0.1) is 22.7 Å². The summed E-state index contributed by atoms with van der Waals surface area (Å²) >= 11 is 3.21. The molecule has 0 N–H and O–H groups in total. The molecule has 0 saturated heterocycles. The number of ketones is 2. The number of Topliss-reactive ketones (excluding diaryl/α,β-unsaturated/α-hetero) is 2. The molecule has 178 valence electrons. The van der Waals surface area contributed by atoms with Gasteiger partial charge >= 0.3 is 0 Å². The lowest BCUT2D eigenvalue weighted by Crippen LogP contribution is -2.09. The molecule has 4 heterocycles. The molecule has 4 aromatic heterocycles. The van der Waals surface area contributed by atoms with Gasteiger partial charge in [-0.25, -0.2) is 0 Å². The van der Waals surface area contributed by atoms with Gasteiger partial charge in [-0.1, -0.05) is 12.1 Å². The smallest absolute Gasteiger partial charge is 0.144 e. The van der Waals surface area contributed by atoms with Crippen LogP contribution in [0.3, 0.4) is 0 Å². The minimum atomic E-state index is 0.163. The minimum Gasteiger partial charge on any atom is -0.299 e. The van der Waals surface area contributed by atoms with Crippen molar-refractivity contribution in [2.45, 2.75) is 44.9 Å². The molecular formula is C27H26N4O2S2. The van der Waals surface area contributed by atoms with E-state index in [4.69, 9.17) is 0 Å². The SMILES string of the molecule is O=C(Cc1ccc(C[C@H]2C[C@@H]2Cc2ccc(CC(=O)Cc3cccs3)nn2)nn1)Cc1cccs1. The normalized spacial score (nSPS) is 16.8. The summed E-state index contributed by atoms with van der Waals surface area (Å²) in [6.45, 7) is 0. The molecule has 35 heavy (non-hydrogen) atoms. The number of hydrogen-bond acceptors (Lipinski definition) is 8. The second-order valence-corrected chi connectivity index (χ2v) is 11.2. The van der Waals surface area contributed by atoms with Crippen molar-refractivity contribution in [1.82, 2.24) is 20.4 Å². The van der Waals surface area contributed by atoms with Gasteiger partial charge in [0.15, 0.2) is 0 Å². The van der Waals surface area contributed by atoms with Crippen molar-refractivity contribution in [3.05, 3.63) is 91.8 Å². The number of hydrogen-bond donors (Lipinski definition) is 0. The number of carbonyl (C=O) groups is 2. The number of carbonyl (C=O) groups excluding carboxylic acids is 2. The van der Waals surface area contributed by atoms with Crippen LogP contribution >= 0.6 is 22.7 Å². The van der Waals surface area contributed by atoms with Gasteiger partial charge in [0.2, 0.25) is 0 Å². The molecule has 0 radical (unpaired) electrons. The van der Waals surface area contributed by atoms with E-state index in [2.05, 4.69) is 20.4 Å². The summed E-state index contributed by atoms with van der Waals surface area (Å²) in [5, 5.41) is 21.2. The summed E-state index contributed by atoms with van der Waals surface area (Å²) in [5.74, 6) is 1.47. The second-order valence-electron chi connectivity index (χ2n) is 9.14. The van der Waals surface area contributed by atoms with E-state index in [1.807, 2.05) is 59.3 Å². The predicted octanol–water partition coefficient (Wildman–Crippen LogP) is 4.52. The highest BCUT2D eigenvalue weighted by Gasteiger charge is 2.37. The van der Waals surface area contributed by atoms with E-state index >= 15 is 0 Å². The minimum absolute atomic E-state index is 0.163. The topological polar surface area (TPSA) is 85.7 Å². The lowest BCUT2D eigenvalue weighted by atomic mass is 10.1. The molecule has 1 aliphatic carbocycles. The third kappa shape index (κ3) is 6.96. The summed E-state index contributed by atoms with van der Waals surface area (Å²) in [7, 11) is 0. The number of thiophene rings is 2. The fraction of sp³-hybridized carbons (Fsp3) is 0.333. The van der Waals surface area contributed by atoms with Gasteiger partial charge in [0, 0.05) is 22.6 Å². The van der Waals surface area contributed by atoms with Crippen molar-refractivity contribution >= 4 is 34.2 Å². The third-order valence-electron chi connectivity index (χ3n) is 6.22. The maximum absolute atomic E-state index is 12.2. The zero-order chi connectivity index (χ0) is 24.0. The van der Waals surface area contributed by atoms with Crippen LogP contribution < -0.4 is 0 Å². The zero-order valence-electron chi connectivity index (χ0n) is 19.3. The van der Waals surface area contributed by atoms with E-state index in [9.17, 15) is 9.59 Å². The summed E-state index contributed by atoms with van der Waals surface area (Å²) in [6.07, 6.45) is 4.50. The van der Waals surface area contributed by atoms with E-state index < -0.39 is 0 Å². The van der Waals surface area contributed by atoms with Crippen LogP contribution in [0.5, 0.6) is 0 Å². The van der Waals surface area contributed by atoms with Crippen LogP contribution in [0.2, 0.25) is 0 Å². The molecule has 0 unspecified atom stereocenters. The van der Waals surface area contributed by atoms with Crippen LogP contribution in [0.1, 0.15) is 39.0 Å². The fourth-order valence-electron chi connectivity index (χ4n) is 4.27. The largest absolute Gasteiger partial charge is 0.299 e. The van der Waals surface area contributed by atoms with Gasteiger partial charge in [-0.3, -0.25) is 9.59 Å². The molecule has 0 bridgehead atoms. The first-order valence-corrected chi connectivity index (χ1v) is 13.6. The Morgan fingerprint density at radius 1 is 0.629 bits per heavy atom. The molecule has 5 rings (SSSR count). The van der Waals surface area contributed by atoms with Gasteiger partial charge in [0.25, 0.3) is 0 Å². The van der Waals surface area contributed by atoms with Crippen LogP contribution in [0.15, 0.2) is 59.3 Å². The Balaban J connectivity index is 1.05. The maximum atomic E-state index is 12.2. The summed E-state index contributed by atoms with van der Waals surface area (Å²) in [5.41, 5.74) is 3.40. The highest BCUT2D eigenvalue weighted by molar-refractivity contribution is 7.10. The van der Waals surface area contributed by atoms with Crippen molar-refractivity contribution in [1.29, 1.82) is 0 Å². The van der Waals surface area contributed by atoms with E-state index in [0.717, 1.165) is 51.8 Å². The molecule has 1 saturated carbocycles. The van der Waals surface area contributed by atoms with Crippen LogP contribution in [-0.2, 0) is 48.1 Å². The molecule has 6 nitrogen and oxygen atoms in total. The van der Waals surface area contributed by atoms with Crippen molar-refractivity contribution in [3.63, 3.8) is 0 Å². The van der Waals surface area contributed by atoms with E-state index in [0.29, 0.717) is 37.5 Å². The number of nitrogens with zero attached hydrogens (tertiary/aromatic N) is 4. The van der Waals surface area contributed by atoms with Crippen LogP contribution in [0, 0.1) is 11.8 Å². The Labute approximate surface area is 212 Å². The Morgan fingerprint density at radius 2 is 1.06 bits per heavy atom. The zero-order valence-corrected chi connectivity index (χ0v) is 20.9. The van der Waals surface area contributed by atoms with Crippen LogP contribution in [0.4, 0.5) is 0 Å². The maximum Gasteiger partial charge on any atom is 0.144 e. The van der Waals surface area contributed by atoms with Gasteiger partial charge in [0.05, 0.1) is 35.6 Å². The van der Waals surface area contributed by atoms with E-state index in [-0.39, 0.29) is 11.6 Å². The predicted molar refractivity (Wildman–Crippen MR) is 137 cm³/mol. The third-order valence-corrected chi connectivity index (χ3v) is 7.97. The average Bonchev–Trinajstić information content (AvgIpc) is 3.21. The molecular weight excluding hydrogens is 476 g/mol. The Kier molecular flexibility index (Phi) is 7.49. The first-order chi connectivity index (χ1) is 17.1. The van der Waals surface area contributed by atoms with Gasteiger partial charge < -0.3 is 0 Å². The first kappa shape index (κ1) is 23.6. The van der Waals surface area contributed by atoms with Crippen molar-refractivity contribution < 1.29 is 9.59 Å². The fourth-order valence-corrected chi connectivity index (χ4v) is 5.74. The Morgan fingerprint density at radius 3 is 1.43 bits per heavy atom. The van der Waals surface area contributed by atoms with Crippen LogP contribution in [0.25, 0.3) is 0 Å². The molecule has 0 amide bonds. The lowest BCUT2D eigenvalue weighted by Gasteiger charge is -2.03.